The average Bonchev–Trinajstić information content (AvgIpc) is 2.35. The summed E-state index contributed by atoms with van der Waals surface area (Å²) in [5, 5.41) is 13.0. The van der Waals surface area contributed by atoms with E-state index in [-0.39, 0.29) is 18.5 Å². The van der Waals surface area contributed by atoms with Gasteiger partial charge >= 0.3 is 5.97 Å². The number of hydrogen-bond acceptors (Lipinski definition) is 3. The highest BCUT2D eigenvalue weighted by Gasteiger charge is 2.08. The zero-order valence-corrected chi connectivity index (χ0v) is 10.5. The second-order valence-corrected chi connectivity index (χ2v) is 4.31. The third kappa shape index (κ3) is 3.28. The number of benzene rings is 1. The predicted molar refractivity (Wildman–Crippen MR) is 70.1 cm³/mol. The van der Waals surface area contributed by atoms with Crippen molar-refractivity contribution in [1.29, 1.82) is 0 Å². The van der Waals surface area contributed by atoms with Crippen LogP contribution in [0.5, 0.6) is 0 Å². The predicted octanol–water partition coefficient (Wildman–Crippen LogP) is 1.23. The molecule has 0 unspecified atom stereocenters. The van der Waals surface area contributed by atoms with Crippen molar-refractivity contribution in [2.75, 3.05) is 0 Å². The van der Waals surface area contributed by atoms with E-state index in [4.69, 9.17) is 5.11 Å². The van der Waals surface area contributed by atoms with Crippen molar-refractivity contribution in [2.24, 2.45) is 0 Å². The van der Waals surface area contributed by atoms with Gasteiger partial charge in [-0.3, -0.25) is 9.59 Å². The van der Waals surface area contributed by atoms with Crippen LogP contribution in [0.3, 0.4) is 0 Å². The van der Waals surface area contributed by atoms with Crippen LogP contribution in [0.1, 0.15) is 16.8 Å². The zero-order chi connectivity index (χ0) is 13.8. The van der Waals surface area contributed by atoms with Gasteiger partial charge in [-0.1, -0.05) is 24.3 Å². The summed E-state index contributed by atoms with van der Waals surface area (Å²) in [6.45, 7) is 2.09. The fourth-order valence-corrected chi connectivity index (χ4v) is 1.87. The molecule has 1 aromatic heterocycles. The maximum atomic E-state index is 11.7. The van der Waals surface area contributed by atoms with E-state index in [2.05, 4.69) is 5.10 Å². The first-order valence-electron chi connectivity index (χ1n) is 5.89. The van der Waals surface area contributed by atoms with Gasteiger partial charge in [0.25, 0.3) is 5.56 Å². The summed E-state index contributed by atoms with van der Waals surface area (Å²) in [4.78, 5) is 22.5. The molecule has 0 atom stereocenters. The first-order chi connectivity index (χ1) is 9.06. The highest BCUT2D eigenvalue weighted by molar-refractivity contribution is 5.70. The Hall–Kier alpha value is -2.43. The molecule has 0 fully saturated rings. The van der Waals surface area contributed by atoms with Gasteiger partial charge in [-0.2, -0.15) is 5.10 Å². The van der Waals surface area contributed by atoms with Crippen LogP contribution in [0.2, 0.25) is 0 Å². The number of carboxylic acid groups (broad SMARTS) is 1. The van der Waals surface area contributed by atoms with Crippen LogP contribution in [0.25, 0.3) is 0 Å². The highest BCUT2D eigenvalue weighted by atomic mass is 16.4. The second kappa shape index (κ2) is 5.48. The number of nitrogens with zero attached hydrogens (tertiary/aromatic N) is 2. The Labute approximate surface area is 110 Å². The number of rotatable bonds is 4. The summed E-state index contributed by atoms with van der Waals surface area (Å²) >= 11 is 0. The molecular weight excluding hydrogens is 244 g/mol. The molecule has 5 nitrogen and oxygen atoms in total. The summed E-state index contributed by atoms with van der Waals surface area (Å²) in [5.74, 6) is -0.892. The van der Waals surface area contributed by atoms with Crippen LogP contribution < -0.4 is 5.56 Å². The summed E-state index contributed by atoms with van der Waals surface area (Å²) in [7, 11) is 0. The summed E-state index contributed by atoms with van der Waals surface area (Å²) in [5.41, 5.74) is 2.04. The van der Waals surface area contributed by atoms with Crippen LogP contribution >= 0.6 is 0 Å². The van der Waals surface area contributed by atoms with E-state index in [1.54, 1.807) is 25.1 Å². The number of hydrogen-bond donors (Lipinski definition) is 1. The topological polar surface area (TPSA) is 72.2 Å². The van der Waals surface area contributed by atoms with E-state index in [0.717, 1.165) is 11.3 Å². The molecule has 0 amide bonds. The lowest BCUT2D eigenvalue weighted by molar-refractivity contribution is -0.136. The van der Waals surface area contributed by atoms with Crippen LogP contribution in [0.15, 0.2) is 41.2 Å². The third-order valence-corrected chi connectivity index (χ3v) is 2.78. The van der Waals surface area contributed by atoms with Crippen molar-refractivity contribution in [3.63, 3.8) is 0 Å². The highest BCUT2D eigenvalue weighted by Crippen LogP contribution is 2.10. The van der Waals surface area contributed by atoms with Gasteiger partial charge in [0.2, 0.25) is 0 Å². The first-order valence-corrected chi connectivity index (χ1v) is 5.89. The van der Waals surface area contributed by atoms with Crippen LogP contribution in [-0.2, 0) is 17.8 Å². The Bertz CT molecular complexity index is 662. The molecule has 1 aromatic carbocycles. The van der Waals surface area contributed by atoms with Crippen molar-refractivity contribution in [3.8, 4) is 0 Å². The molecule has 0 aliphatic rings. The Balaban J connectivity index is 2.35. The largest absolute Gasteiger partial charge is 0.481 e. The van der Waals surface area contributed by atoms with E-state index < -0.39 is 5.97 Å². The van der Waals surface area contributed by atoms with Gasteiger partial charge in [0.05, 0.1) is 18.7 Å². The minimum absolute atomic E-state index is 0.0588. The van der Waals surface area contributed by atoms with E-state index in [1.807, 2.05) is 12.1 Å². The van der Waals surface area contributed by atoms with Crippen molar-refractivity contribution >= 4 is 5.97 Å². The summed E-state index contributed by atoms with van der Waals surface area (Å²) in [6, 6.07) is 10.3. The summed E-state index contributed by atoms with van der Waals surface area (Å²) < 4.78 is 1.34. The molecule has 0 aliphatic carbocycles. The molecular formula is C14H14N2O3. The number of aromatic nitrogens is 2. The molecule has 0 bridgehead atoms. The Morgan fingerprint density at radius 1 is 1.21 bits per heavy atom. The smallest absolute Gasteiger partial charge is 0.307 e. The molecule has 1 heterocycles. The zero-order valence-electron chi connectivity index (χ0n) is 10.5. The number of carbonyl (C=O) groups is 1. The minimum Gasteiger partial charge on any atom is -0.481 e. The van der Waals surface area contributed by atoms with E-state index in [9.17, 15) is 9.59 Å². The molecule has 5 heteroatoms. The molecule has 98 valence electrons. The first kappa shape index (κ1) is 13.0. The van der Waals surface area contributed by atoms with Crippen molar-refractivity contribution in [1.82, 2.24) is 9.78 Å². The van der Waals surface area contributed by atoms with Gasteiger partial charge in [-0.05, 0) is 24.1 Å². The van der Waals surface area contributed by atoms with Crippen LogP contribution in [-0.4, -0.2) is 20.9 Å². The van der Waals surface area contributed by atoms with E-state index in [1.165, 1.54) is 10.7 Å². The van der Waals surface area contributed by atoms with Crippen molar-refractivity contribution in [3.05, 3.63) is 63.6 Å². The van der Waals surface area contributed by atoms with Gasteiger partial charge in [-0.25, -0.2) is 4.68 Å². The molecule has 2 aromatic rings. The van der Waals surface area contributed by atoms with Gasteiger partial charge in [0, 0.05) is 6.07 Å². The fraction of sp³-hybridized carbons (Fsp3) is 0.214. The van der Waals surface area contributed by atoms with Gasteiger partial charge in [-0.15, -0.1) is 0 Å². The Morgan fingerprint density at radius 3 is 2.58 bits per heavy atom. The van der Waals surface area contributed by atoms with E-state index >= 15 is 0 Å². The Kier molecular flexibility index (Phi) is 3.75. The molecule has 2 rings (SSSR count). The number of aryl methyl sites for hydroxylation is 1. The van der Waals surface area contributed by atoms with Crippen LogP contribution in [0, 0.1) is 6.92 Å². The monoisotopic (exact) mass is 258 g/mol. The lowest BCUT2D eigenvalue weighted by Crippen LogP contribution is -2.23. The molecule has 0 saturated heterocycles. The number of aliphatic carboxylic acids is 1. The summed E-state index contributed by atoms with van der Waals surface area (Å²) in [6.07, 6.45) is -0.0588. The molecule has 1 N–H and O–H groups in total. The second-order valence-electron chi connectivity index (χ2n) is 4.31. The van der Waals surface area contributed by atoms with Gasteiger partial charge < -0.3 is 5.11 Å². The fourth-order valence-electron chi connectivity index (χ4n) is 1.87. The average molecular weight is 258 g/mol. The minimum atomic E-state index is -0.892. The standard InChI is InChI=1S/C14H14N2O3/c1-10-6-7-13(17)16(15-10)9-12-5-3-2-4-11(12)8-14(18)19/h2-7H,8-9H2,1H3,(H,18,19). The quantitative estimate of drug-likeness (QED) is 0.895. The maximum Gasteiger partial charge on any atom is 0.307 e. The van der Waals surface area contributed by atoms with Gasteiger partial charge in [0.15, 0.2) is 0 Å². The van der Waals surface area contributed by atoms with E-state index in [0.29, 0.717) is 5.56 Å². The normalized spacial score (nSPS) is 10.4. The molecule has 0 aliphatic heterocycles. The molecule has 0 spiro atoms. The van der Waals surface area contributed by atoms with Crippen molar-refractivity contribution < 1.29 is 9.90 Å². The molecule has 19 heavy (non-hydrogen) atoms. The SMILES string of the molecule is Cc1ccc(=O)n(Cc2ccccc2CC(=O)O)n1. The third-order valence-electron chi connectivity index (χ3n) is 2.78. The van der Waals surface area contributed by atoms with Gasteiger partial charge in [0.1, 0.15) is 0 Å². The lowest BCUT2D eigenvalue weighted by Gasteiger charge is -2.09. The molecule has 0 radical (unpaired) electrons. The van der Waals surface area contributed by atoms with Crippen molar-refractivity contribution in [2.45, 2.75) is 19.9 Å². The number of carboxylic acids is 1. The molecule has 0 saturated carbocycles. The van der Waals surface area contributed by atoms with Crippen LogP contribution in [0.4, 0.5) is 0 Å². The maximum absolute atomic E-state index is 11.7. The lowest BCUT2D eigenvalue weighted by atomic mass is 10.0. The Morgan fingerprint density at radius 2 is 1.89 bits per heavy atom.